The molecule has 0 saturated carbocycles. The second-order valence-corrected chi connectivity index (χ2v) is 7.17. The SMILES string of the molecule is CC(N)(c1ccc(OCC(O)CO)cc1)c1ccc(OCC(O)CBr)cc1. The lowest BCUT2D eigenvalue weighted by Crippen LogP contribution is -2.34. The zero-order valence-electron chi connectivity index (χ0n) is 15.2. The van der Waals surface area contributed by atoms with E-state index in [2.05, 4.69) is 15.9 Å². The second kappa shape index (κ2) is 10.1. The minimum Gasteiger partial charge on any atom is -0.491 e. The monoisotopic (exact) mass is 439 g/mol. The molecule has 2 aromatic rings. The van der Waals surface area contributed by atoms with E-state index in [1.807, 2.05) is 43.3 Å². The van der Waals surface area contributed by atoms with Crippen LogP contribution >= 0.6 is 15.9 Å². The molecule has 0 aliphatic carbocycles. The molecule has 0 fully saturated rings. The molecule has 0 bridgehead atoms. The van der Waals surface area contributed by atoms with E-state index in [4.69, 9.17) is 20.3 Å². The van der Waals surface area contributed by atoms with Crippen molar-refractivity contribution in [3.05, 3.63) is 59.7 Å². The molecule has 0 radical (unpaired) electrons. The molecule has 0 saturated heterocycles. The fourth-order valence-corrected chi connectivity index (χ4v) is 2.63. The van der Waals surface area contributed by atoms with E-state index >= 15 is 0 Å². The Labute approximate surface area is 167 Å². The number of aliphatic hydroxyl groups is 3. The third-order valence-corrected chi connectivity index (χ3v) is 4.93. The van der Waals surface area contributed by atoms with Gasteiger partial charge in [0.15, 0.2) is 0 Å². The first-order valence-electron chi connectivity index (χ1n) is 8.65. The molecule has 3 atom stereocenters. The molecule has 5 N–H and O–H groups in total. The van der Waals surface area contributed by atoms with E-state index < -0.39 is 17.7 Å². The van der Waals surface area contributed by atoms with Crippen molar-refractivity contribution in [2.24, 2.45) is 5.73 Å². The highest BCUT2D eigenvalue weighted by atomic mass is 79.9. The van der Waals surface area contributed by atoms with Gasteiger partial charge >= 0.3 is 0 Å². The van der Waals surface area contributed by atoms with Gasteiger partial charge in [0.1, 0.15) is 30.8 Å². The van der Waals surface area contributed by atoms with Gasteiger partial charge in [-0.1, -0.05) is 40.2 Å². The summed E-state index contributed by atoms with van der Waals surface area (Å²) in [5.74, 6) is 1.26. The Bertz CT molecular complexity index is 631. The van der Waals surface area contributed by atoms with E-state index in [1.165, 1.54) is 0 Å². The number of hydrogen-bond donors (Lipinski definition) is 4. The van der Waals surface area contributed by atoms with E-state index in [0.717, 1.165) is 11.1 Å². The third-order valence-electron chi connectivity index (χ3n) is 4.18. The number of halogens is 1. The van der Waals surface area contributed by atoms with Gasteiger partial charge in [0.2, 0.25) is 0 Å². The number of hydrogen-bond acceptors (Lipinski definition) is 6. The van der Waals surface area contributed by atoms with Crippen molar-refractivity contribution in [2.45, 2.75) is 24.7 Å². The minimum atomic E-state index is -0.902. The fraction of sp³-hybridized carbons (Fsp3) is 0.400. The van der Waals surface area contributed by atoms with Crippen molar-refractivity contribution in [1.82, 2.24) is 0 Å². The Balaban J connectivity index is 2.04. The fourth-order valence-electron chi connectivity index (χ4n) is 2.44. The van der Waals surface area contributed by atoms with Gasteiger partial charge in [0.05, 0.1) is 18.2 Å². The summed E-state index contributed by atoms with van der Waals surface area (Å²) in [5.41, 5.74) is 7.66. The largest absolute Gasteiger partial charge is 0.491 e. The van der Waals surface area contributed by atoms with Gasteiger partial charge in [-0.25, -0.2) is 0 Å². The maximum atomic E-state index is 9.53. The number of aliphatic hydroxyl groups excluding tert-OH is 3. The molecule has 0 heterocycles. The highest BCUT2D eigenvalue weighted by Crippen LogP contribution is 2.29. The van der Waals surface area contributed by atoms with E-state index in [-0.39, 0.29) is 19.8 Å². The summed E-state index contributed by atoms with van der Waals surface area (Å²) in [7, 11) is 0. The Kier molecular flexibility index (Phi) is 8.07. The van der Waals surface area contributed by atoms with Gasteiger partial charge in [0.25, 0.3) is 0 Å². The van der Waals surface area contributed by atoms with Crippen molar-refractivity contribution in [1.29, 1.82) is 0 Å². The molecular weight excluding hydrogens is 414 g/mol. The molecule has 148 valence electrons. The van der Waals surface area contributed by atoms with E-state index in [1.54, 1.807) is 12.1 Å². The summed E-state index contributed by atoms with van der Waals surface area (Å²) >= 11 is 3.20. The van der Waals surface area contributed by atoms with Crippen molar-refractivity contribution >= 4 is 15.9 Å². The van der Waals surface area contributed by atoms with Crippen LogP contribution in [-0.2, 0) is 5.54 Å². The standard InChI is InChI=1S/C20H26BrNO5/c1-20(22,14-2-6-18(7-3-14)26-12-16(24)10-21)15-4-8-19(9-5-15)27-13-17(25)11-23/h2-9,16-17,23-25H,10-13,22H2,1H3. The molecular formula is C20H26BrNO5. The van der Waals surface area contributed by atoms with Crippen molar-refractivity contribution in [2.75, 3.05) is 25.2 Å². The molecule has 6 nitrogen and oxygen atoms in total. The quantitative estimate of drug-likeness (QED) is 0.420. The molecule has 0 spiro atoms. The number of alkyl halides is 1. The van der Waals surface area contributed by atoms with Crippen LogP contribution in [0.15, 0.2) is 48.5 Å². The minimum absolute atomic E-state index is 0.0287. The molecule has 3 unspecified atom stereocenters. The summed E-state index contributed by atoms with van der Waals surface area (Å²) in [5, 5.41) is 28.1. The van der Waals surface area contributed by atoms with Crippen LogP contribution in [0.1, 0.15) is 18.1 Å². The average molecular weight is 440 g/mol. The average Bonchev–Trinajstić information content (AvgIpc) is 2.70. The summed E-state index contributed by atoms with van der Waals surface area (Å²) in [6.07, 6.45) is -1.45. The van der Waals surface area contributed by atoms with Crippen LogP contribution in [0.2, 0.25) is 0 Å². The molecule has 0 aliphatic heterocycles. The van der Waals surface area contributed by atoms with Gasteiger partial charge in [0, 0.05) is 5.33 Å². The molecule has 2 aromatic carbocycles. The lowest BCUT2D eigenvalue weighted by atomic mass is 9.86. The van der Waals surface area contributed by atoms with Gasteiger partial charge in [-0.2, -0.15) is 0 Å². The van der Waals surface area contributed by atoms with Crippen LogP contribution in [0.3, 0.4) is 0 Å². The molecule has 0 aliphatic rings. The summed E-state index contributed by atoms with van der Waals surface area (Å²) < 4.78 is 10.9. The number of ether oxygens (including phenoxy) is 2. The summed E-state index contributed by atoms with van der Waals surface area (Å²) in [6, 6.07) is 14.8. The van der Waals surface area contributed by atoms with Crippen LogP contribution in [0.25, 0.3) is 0 Å². The Hall–Kier alpha value is -1.64. The van der Waals surface area contributed by atoms with Crippen LogP contribution in [0.4, 0.5) is 0 Å². The van der Waals surface area contributed by atoms with Crippen LogP contribution in [-0.4, -0.2) is 52.7 Å². The highest BCUT2D eigenvalue weighted by Gasteiger charge is 2.23. The normalized spacial score (nSPS) is 15.6. The topological polar surface area (TPSA) is 105 Å². The summed E-state index contributed by atoms with van der Waals surface area (Å²) in [4.78, 5) is 0. The van der Waals surface area contributed by atoms with Crippen molar-refractivity contribution in [3.63, 3.8) is 0 Å². The van der Waals surface area contributed by atoms with Crippen molar-refractivity contribution in [3.8, 4) is 11.5 Å². The number of rotatable bonds is 10. The lowest BCUT2D eigenvalue weighted by molar-refractivity contribution is 0.0536. The zero-order chi connectivity index (χ0) is 19.9. The van der Waals surface area contributed by atoms with Gasteiger partial charge in [-0.3, -0.25) is 0 Å². The first-order chi connectivity index (χ1) is 12.9. The van der Waals surface area contributed by atoms with Gasteiger partial charge < -0.3 is 30.5 Å². The Morgan fingerprint density at radius 1 is 0.889 bits per heavy atom. The van der Waals surface area contributed by atoms with E-state index in [9.17, 15) is 10.2 Å². The predicted molar refractivity (Wildman–Crippen MR) is 107 cm³/mol. The predicted octanol–water partition coefficient (Wildman–Crippen LogP) is 1.78. The van der Waals surface area contributed by atoms with Crippen molar-refractivity contribution < 1.29 is 24.8 Å². The third kappa shape index (κ3) is 6.19. The van der Waals surface area contributed by atoms with Crippen LogP contribution in [0.5, 0.6) is 11.5 Å². The van der Waals surface area contributed by atoms with Crippen LogP contribution in [0, 0.1) is 0 Å². The Morgan fingerprint density at radius 2 is 1.30 bits per heavy atom. The van der Waals surface area contributed by atoms with Crippen LogP contribution < -0.4 is 15.2 Å². The highest BCUT2D eigenvalue weighted by molar-refractivity contribution is 9.09. The smallest absolute Gasteiger partial charge is 0.119 e. The lowest BCUT2D eigenvalue weighted by Gasteiger charge is -2.26. The van der Waals surface area contributed by atoms with Gasteiger partial charge in [-0.05, 0) is 42.3 Å². The molecule has 2 rings (SSSR count). The molecule has 27 heavy (non-hydrogen) atoms. The first kappa shape index (κ1) is 21.7. The molecule has 0 aromatic heterocycles. The zero-order valence-corrected chi connectivity index (χ0v) is 16.8. The summed E-state index contributed by atoms with van der Waals surface area (Å²) in [6.45, 7) is 1.83. The number of nitrogens with two attached hydrogens (primary N) is 1. The molecule has 0 amide bonds. The van der Waals surface area contributed by atoms with Gasteiger partial charge in [-0.15, -0.1) is 0 Å². The maximum absolute atomic E-state index is 9.53. The first-order valence-corrected chi connectivity index (χ1v) is 9.77. The molecule has 7 heteroatoms. The second-order valence-electron chi connectivity index (χ2n) is 6.52. The Morgan fingerprint density at radius 3 is 1.67 bits per heavy atom. The number of benzene rings is 2. The maximum Gasteiger partial charge on any atom is 0.119 e. The van der Waals surface area contributed by atoms with E-state index in [0.29, 0.717) is 16.8 Å².